The van der Waals surface area contributed by atoms with E-state index in [4.69, 9.17) is 11.0 Å². The Morgan fingerprint density at radius 3 is 2.37 bits per heavy atom. The zero-order chi connectivity index (χ0) is 25.2. The van der Waals surface area contributed by atoms with E-state index in [0.29, 0.717) is 42.1 Å². The van der Waals surface area contributed by atoms with Crippen LogP contribution in [0.2, 0.25) is 0 Å². The largest absolute Gasteiger partial charge is 0.366 e. The first-order valence-electron chi connectivity index (χ1n) is 11.0. The molecule has 1 saturated heterocycles. The molecule has 1 aliphatic rings. The first-order chi connectivity index (χ1) is 16.7. The zero-order valence-electron chi connectivity index (χ0n) is 19.2. The average molecular weight is 512 g/mol. The van der Waals surface area contributed by atoms with E-state index in [-0.39, 0.29) is 30.3 Å². The van der Waals surface area contributed by atoms with E-state index in [2.05, 4.69) is 0 Å². The molecule has 11 heteroatoms. The van der Waals surface area contributed by atoms with E-state index < -0.39 is 15.9 Å². The second-order valence-electron chi connectivity index (χ2n) is 8.30. The summed E-state index contributed by atoms with van der Waals surface area (Å²) in [6.07, 6.45) is 0. The van der Waals surface area contributed by atoms with Crippen molar-refractivity contribution in [2.75, 3.05) is 32.7 Å². The van der Waals surface area contributed by atoms with Crippen LogP contribution in [0.25, 0.3) is 0 Å². The molecule has 0 saturated carbocycles. The highest BCUT2D eigenvalue weighted by atomic mass is 32.2. The number of Topliss-reactive ketones (excluding diaryl/α,β-unsaturated/α-hetero) is 1. The number of carbonyl (C=O) groups is 2. The molecule has 182 valence electrons. The van der Waals surface area contributed by atoms with Crippen molar-refractivity contribution in [3.05, 3.63) is 75.2 Å². The van der Waals surface area contributed by atoms with Gasteiger partial charge in [0.15, 0.2) is 5.78 Å². The third-order valence-corrected chi connectivity index (χ3v) is 8.91. The van der Waals surface area contributed by atoms with Gasteiger partial charge in [0.05, 0.1) is 40.9 Å². The van der Waals surface area contributed by atoms with Gasteiger partial charge in [0, 0.05) is 36.8 Å². The number of benzene rings is 1. The van der Waals surface area contributed by atoms with Gasteiger partial charge in [-0.3, -0.25) is 14.5 Å². The molecule has 0 unspecified atom stereocenters. The van der Waals surface area contributed by atoms with E-state index in [1.807, 2.05) is 33.0 Å². The van der Waals surface area contributed by atoms with Crippen molar-refractivity contribution >= 4 is 33.1 Å². The summed E-state index contributed by atoms with van der Waals surface area (Å²) in [6.45, 7) is 3.64. The Balaban J connectivity index is 1.45. The Morgan fingerprint density at radius 2 is 1.80 bits per heavy atom. The van der Waals surface area contributed by atoms with Crippen LogP contribution in [0.5, 0.6) is 0 Å². The van der Waals surface area contributed by atoms with Crippen molar-refractivity contribution in [2.45, 2.75) is 18.4 Å². The predicted octanol–water partition coefficient (Wildman–Crippen LogP) is 2.07. The number of sulfonamides is 1. The van der Waals surface area contributed by atoms with Crippen LogP contribution in [-0.2, 0) is 16.6 Å². The van der Waals surface area contributed by atoms with Crippen LogP contribution in [0.1, 0.15) is 37.0 Å². The second kappa shape index (κ2) is 10.1. The molecule has 4 rings (SSSR count). The molecule has 1 aliphatic heterocycles. The quantitative estimate of drug-likeness (QED) is 0.461. The van der Waals surface area contributed by atoms with Gasteiger partial charge in [-0.05, 0) is 48.7 Å². The summed E-state index contributed by atoms with van der Waals surface area (Å²) in [5, 5.41) is 10.9. The molecule has 0 spiro atoms. The second-order valence-corrected chi connectivity index (χ2v) is 11.3. The molecule has 35 heavy (non-hydrogen) atoms. The van der Waals surface area contributed by atoms with E-state index in [9.17, 15) is 18.0 Å². The van der Waals surface area contributed by atoms with Crippen molar-refractivity contribution < 1.29 is 18.0 Å². The van der Waals surface area contributed by atoms with Crippen LogP contribution < -0.4 is 5.73 Å². The van der Waals surface area contributed by atoms with Crippen LogP contribution in [0.4, 0.5) is 0 Å². The van der Waals surface area contributed by atoms with E-state index >= 15 is 0 Å². The number of ketones is 1. The standard InChI is InChI=1S/C24H25N5O4S2/c1-17-21(24(26)31)13-22(29(17)15-19-3-2-12-34-19)23(30)16-27-8-10-28(11-9-27)35(32,33)20-6-4-18(14-25)5-7-20/h2-7,12-13H,8-11,15-16H2,1H3,(H2,26,31). The van der Waals surface area contributed by atoms with Gasteiger partial charge in [-0.1, -0.05) is 6.07 Å². The summed E-state index contributed by atoms with van der Waals surface area (Å²) >= 11 is 1.57. The lowest BCUT2D eigenvalue weighted by molar-refractivity contribution is 0.0892. The van der Waals surface area contributed by atoms with Crippen LogP contribution in [-0.4, -0.2) is 66.6 Å². The van der Waals surface area contributed by atoms with Crippen molar-refractivity contribution in [2.24, 2.45) is 5.73 Å². The maximum absolute atomic E-state index is 13.2. The Labute approximate surface area is 208 Å². The fourth-order valence-corrected chi connectivity index (χ4v) is 6.27. The monoisotopic (exact) mass is 511 g/mol. The van der Waals surface area contributed by atoms with Crippen LogP contribution in [0.15, 0.2) is 52.7 Å². The number of piperazine rings is 1. The minimum Gasteiger partial charge on any atom is -0.366 e. The van der Waals surface area contributed by atoms with Gasteiger partial charge in [-0.25, -0.2) is 8.42 Å². The lowest BCUT2D eigenvalue weighted by Gasteiger charge is -2.33. The number of nitriles is 1. The van der Waals surface area contributed by atoms with Crippen LogP contribution in [0.3, 0.4) is 0 Å². The van der Waals surface area contributed by atoms with Crippen molar-refractivity contribution in [3.8, 4) is 6.07 Å². The molecule has 0 bridgehead atoms. The summed E-state index contributed by atoms with van der Waals surface area (Å²) in [5.41, 5.74) is 7.30. The van der Waals surface area contributed by atoms with E-state index in [1.165, 1.54) is 28.6 Å². The summed E-state index contributed by atoms with van der Waals surface area (Å²) in [6, 6.07) is 13.3. The van der Waals surface area contributed by atoms with Gasteiger partial charge in [0.2, 0.25) is 10.0 Å². The Morgan fingerprint density at radius 1 is 1.11 bits per heavy atom. The number of aromatic nitrogens is 1. The molecule has 9 nitrogen and oxygen atoms in total. The molecule has 3 heterocycles. The lowest BCUT2D eigenvalue weighted by Crippen LogP contribution is -2.49. The van der Waals surface area contributed by atoms with Gasteiger partial charge in [-0.15, -0.1) is 11.3 Å². The molecule has 0 aliphatic carbocycles. The summed E-state index contributed by atoms with van der Waals surface area (Å²) < 4.78 is 29.1. The number of amides is 1. The molecule has 2 aromatic heterocycles. The third kappa shape index (κ3) is 5.21. The Bertz CT molecular complexity index is 1380. The minimum absolute atomic E-state index is 0.108. The number of primary amides is 1. The van der Waals surface area contributed by atoms with E-state index in [0.717, 1.165) is 4.88 Å². The van der Waals surface area contributed by atoms with Crippen molar-refractivity contribution in [1.82, 2.24) is 13.8 Å². The highest BCUT2D eigenvalue weighted by molar-refractivity contribution is 7.89. The third-order valence-electron chi connectivity index (χ3n) is 6.13. The molecule has 1 amide bonds. The van der Waals surface area contributed by atoms with Crippen LogP contribution in [0, 0.1) is 18.3 Å². The van der Waals surface area contributed by atoms with Crippen LogP contribution >= 0.6 is 11.3 Å². The number of carbonyl (C=O) groups excluding carboxylic acids is 2. The molecule has 1 fully saturated rings. The predicted molar refractivity (Wildman–Crippen MR) is 132 cm³/mol. The first-order valence-corrected chi connectivity index (χ1v) is 13.3. The first kappa shape index (κ1) is 24.8. The lowest BCUT2D eigenvalue weighted by atomic mass is 10.2. The maximum atomic E-state index is 13.2. The van der Waals surface area contributed by atoms with E-state index in [1.54, 1.807) is 24.3 Å². The van der Waals surface area contributed by atoms with Crippen molar-refractivity contribution in [1.29, 1.82) is 5.26 Å². The Hall–Kier alpha value is -3.30. The van der Waals surface area contributed by atoms with Gasteiger partial charge >= 0.3 is 0 Å². The fourth-order valence-electron chi connectivity index (χ4n) is 4.15. The average Bonchev–Trinajstić information content (AvgIpc) is 3.48. The molecular formula is C24H25N5O4S2. The topological polar surface area (TPSA) is 130 Å². The number of rotatable bonds is 8. The zero-order valence-corrected chi connectivity index (χ0v) is 20.8. The van der Waals surface area contributed by atoms with Gasteiger partial charge in [0.1, 0.15) is 0 Å². The summed E-state index contributed by atoms with van der Waals surface area (Å²) in [4.78, 5) is 28.2. The summed E-state index contributed by atoms with van der Waals surface area (Å²) in [7, 11) is -3.68. The molecular weight excluding hydrogens is 486 g/mol. The highest BCUT2D eigenvalue weighted by Crippen LogP contribution is 2.22. The maximum Gasteiger partial charge on any atom is 0.250 e. The van der Waals surface area contributed by atoms with Crippen molar-refractivity contribution in [3.63, 3.8) is 0 Å². The summed E-state index contributed by atoms with van der Waals surface area (Å²) in [5.74, 6) is -0.733. The van der Waals surface area contributed by atoms with Gasteiger partial charge in [-0.2, -0.15) is 9.57 Å². The molecule has 3 aromatic rings. The molecule has 1 aromatic carbocycles. The number of hydrogen-bond acceptors (Lipinski definition) is 7. The highest BCUT2D eigenvalue weighted by Gasteiger charge is 2.30. The molecule has 2 N–H and O–H groups in total. The molecule has 0 radical (unpaired) electrons. The SMILES string of the molecule is Cc1c(C(N)=O)cc(C(=O)CN2CCN(S(=O)(=O)c3ccc(C#N)cc3)CC2)n1Cc1cccs1. The smallest absolute Gasteiger partial charge is 0.250 e. The number of thiophene rings is 1. The minimum atomic E-state index is -3.68. The Kier molecular flexibility index (Phi) is 7.18. The van der Waals surface area contributed by atoms with Gasteiger partial charge in [0.25, 0.3) is 5.91 Å². The number of nitrogens with two attached hydrogens (primary N) is 1. The molecule has 0 atom stereocenters. The number of hydrogen-bond donors (Lipinski definition) is 1. The normalized spacial score (nSPS) is 15.1. The van der Waals surface area contributed by atoms with Gasteiger partial charge < -0.3 is 10.3 Å². The fraction of sp³-hybridized carbons (Fsp3) is 0.292. The number of nitrogens with zero attached hydrogens (tertiary/aromatic N) is 4.